The van der Waals surface area contributed by atoms with Crippen molar-refractivity contribution in [3.05, 3.63) is 65.3 Å². The van der Waals surface area contributed by atoms with E-state index in [0.29, 0.717) is 22.9 Å². The predicted octanol–water partition coefficient (Wildman–Crippen LogP) is 4.09. The molecular formula is C24H23N3O5S. The van der Waals surface area contributed by atoms with Crippen LogP contribution in [0.3, 0.4) is 0 Å². The highest BCUT2D eigenvalue weighted by Gasteiger charge is 2.18. The number of carbonyl (C=O) groups is 1. The number of aliphatic hydroxyl groups excluding tert-OH is 1. The first-order valence-electron chi connectivity index (χ1n) is 10.3. The highest BCUT2D eigenvalue weighted by Crippen LogP contribution is 2.36. The number of thiophene rings is 1. The van der Waals surface area contributed by atoms with Crippen LogP contribution in [0.25, 0.3) is 21.3 Å². The number of hydrogen-bond acceptors (Lipinski definition) is 8. The molecule has 0 atom stereocenters. The molecule has 0 saturated heterocycles. The van der Waals surface area contributed by atoms with Crippen LogP contribution in [0, 0.1) is 0 Å². The van der Waals surface area contributed by atoms with Crippen molar-refractivity contribution < 1.29 is 24.5 Å². The number of rotatable bonds is 10. The largest absolute Gasteiger partial charge is 0.496 e. The zero-order valence-corrected chi connectivity index (χ0v) is 18.8. The number of hydrogen-bond donors (Lipinski definition) is 3. The second kappa shape index (κ2) is 10.3. The zero-order valence-electron chi connectivity index (χ0n) is 17.9. The Morgan fingerprint density at radius 2 is 1.97 bits per heavy atom. The van der Waals surface area contributed by atoms with Crippen molar-refractivity contribution in [1.82, 2.24) is 9.97 Å². The van der Waals surface area contributed by atoms with Crippen molar-refractivity contribution in [1.29, 1.82) is 0 Å². The Morgan fingerprint density at radius 1 is 1.12 bits per heavy atom. The third kappa shape index (κ3) is 5.05. The Labute approximate surface area is 194 Å². The van der Waals surface area contributed by atoms with Crippen molar-refractivity contribution in [2.75, 3.05) is 32.2 Å². The van der Waals surface area contributed by atoms with Crippen molar-refractivity contribution in [3.8, 4) is 22.1 Å². The number of aromatic carboxylic acids is 1. The van der Waals surface area contributed by atoms with Gasteiger partial charge >= 0.3 is 5.97 Å². The molecule has 0 aliphatic rings. The molecule has 0 unspecified atom stereocenters. The highest BCUT2D eigenvalue weighted by atomic mass is 32.1. The average Bonchev–Trinajstić information content (AvgIpc) is 3.28. The number of ether oxygens (including phenoxy) is 2. The van der Waals surface area contributed by atoms with Gasteiger partial charge in [-0.2, -0.15) is 0 Å². The zero-order chi connectivity index (χ0) is 23.2. The number of nitrogens with zero attached hydrogens (tertiary/aromatic N) is 2. The average molecular weight is 466 g/mol. The minimum absolute atomic E-state index is 0.0185. The molecule has 0 amide bonds. The maximum Gasteiger partial charge on any atom is 0.349 e. The summed E-state index contributed by atoms with van der Waals surface area (Å²) in [6.07, 6.45) is 2.16. The monoisotopic (exact) mass is 465 g/mol. The van der Waals surface area contributed by atoms with E-state index < -0.39 is 5.97 Å². The van der Waals surface area contributed by atoms with E-state index in [4.69, 9.17) is 14.6 Å². The summed E-state index contributed by atoms with van der Waals surface area (Å²) in [7, 11) is 1.67. The number of carboxylic acids is 1. The lowest BCUT2D eigenvalue weighted by atomic mass is 10.0. The second-order valence-corrected chi connectivity index (χ2v) is 8.17. The molecule has 33 heavy (non-hydrogen) atoms. The summed E-state index contributed by atoms with van der Waals surface area (Å²) in [5, 5.41) is 24.0. The number of fused-ring (bicyclic) bond motifs is 1. The third-order valence-electron chi connectivity index (χ3n) is 5.06. The summed E-state index contributed by atoms with van der Waals surface area (Å²) in [6.45, 7) is 0.439. The molecule has 4 aromatic rings. The van der Waals surface area contributed by atoms with E-state index in [2.05, 4.69) is 27.4 Å². The Balaban J connectivity index is 1.51. The maximum absolute atomic E-state index is 11.5. The standard InChI is InChI=1S/C24H23N3O5S/c1-31-19-7-6-15-4-2-3-5-16(15)17(19)8-9-25-22-12-18(26-14-27-22)21-13-20(32-11-10-28)23(33-21)24(29)30/h2-7,12-14,28H,8-11H2,1H3,(H,29,30)(H,25,26,27). The number of anilines is 1. The number of carboxylic acid groups (broad SMARTS) is 1. The van der Waals surface area contributed by atoms with Crippen LogP contribution < -0.4 is 14.8 Å². The number of benzene rings is 2. The van der Waals surface area contributed by atoms with Gasteiger partial charge in [-0.1, -0.05) is 30.3 Å². The third-order valence-corrected chi connectivity index (χ3v) is 6.19. The van der Waals surface area contributed by atoms with Gasteiger partial charge in [-0.3, -0.25) is 0 Å². The van der Waals surface area contributed by atoms with Gasteiger partial charge in [-0.05, 0) is 23.3 Å². The van der Waals surface area contributed by atoms with Gasteiger partial charge in [-0.15, -0.1) is 11.3 Å². The number of aromatic nitrogens is 2. The summed E-state index contributed by atoms with van der Waals surface area (Å²) in [6, 6.07) is 15.6. The molecule has 0 spiro atoms. The minimum Gasteiger partial charge on any atom is -0.496 e. The summed E-state index contributed by atoms with van der Waals surface area (Å²) >= 11 is 1.07. The lowest BCUT2D eigenvalue weighted by Crippen LogP contribution is -2.08. The van der Waals surface area contributed by atoms with Crippen LogP contribution in [0.5, 0.6) is 11.5 Å². The van der Waals surface area contributed by atoms with Gasteiger partial charge in [0.25, 0.3) is 0 Å². The SMILES string of the molecule is COc1ccc2ccccc2c1CCNc1cc(-c2cc(OCCO)c(C(=O)O)s2)ncn1. The van der Waals surface area contributed by atoms with Gasteiger partial charge in [0, 0.05) is 24.2 Å². The summed E-state index contributed by atoms with van der Waals surface area (Å²) < 4.78 is 10.9. The van der Waals surface area contributed by atoms with Crippen LogP contribution in [-0.4, -0.2) is 53.0 Å². The van der Waals surface area contributed by atoms with Crippen LogP contribution in [0.15, 0.2) is 54.9 Å². The van der Waals surface area contributed by atoms with Gasteiger partial charge < -0.3 is 25.0 Å². The van der Waals surface area contributed by atoms with Gasteiger partial charge in [0.05, 0.1) is 24.3 Å². The van der Waals surface area contributed by atoms with Gasteiger partial charge in [0.1, 0.15) is 30.3 Å². The molecule has 3 N–H and O–H groups in total. The summed E-state index contributed by atoms with van der Waals surface area (Å²) in [5.74, 6) is 0.597. The first-order valence-corrected chi connectivity index (χ1v) is 11.1. The molecule has 0 saturated carbocycles. The van der Waals surface area contributed by atoms with Crippen LogP contribution in [0.1, 0.15) is 15.2 Å². The van der Waals surface area contributed by atoms with E-state index in [-0.39, 0.29) is 23.8 Å². The summed E-state index contributed by atoms with van der Waals surface area (Å²) in [5.41, 5.74) is 1.70. The van der Waals surface area contributed by atoms with Crippen molar-refractivity contribution in [2.24, 2.45) is 0 Å². The fourth-order valence-corrected chi connectivity index (χ4v) is 4.49. The fraction of sp³-hybridized carbons (Fsp3) is 0.208. The predicted molar refractivity (Wildman–Crippen MR) is 128 cm³/mol. The lowest BCUT2D eigenvalue weighted by molar-refractivity contribution is 0.0696. The normalized spacial score (nSPS) is 10.8. The molecule has 4 rings (SSSR count). The molecule has 8 nitrogen and oxygen atoms in total. The van der Waals surface area contributed by atoms with Gasteiger partial charge in [0.15, 0.2) is 4.88 Å². The number of methoxy groups -OCH3 is 1. The molecule has 170 valence electrons. The van der Waals surface area contributed by atoms with Crippen LogP contribution >= 0.6 is 11.3 Å². The first kappa shape index (κ1) is 22.5. The molecule has 2 aromatic heterocycles. The molecular weight excluding hydrogens is 442 g/mol. The van der Waals surface area contributed by atoms with E-state index in [1.807, 2.05) is 24.3 Å². The second-order valence-electron chi connectivity index (χ2n) is 7.11. The van der Waals surface area contributed by atoms with Crippen LogP contribution in [0.2, 0.25) is 0 Å². The quantitative estimate of drug-likeness (QED) is 0.321. The van der Waals surface area contributed by atoms with Gasteiger partial charge in [0.2, 0.25) is 0 Å². The number of aliphatic hydroxyl groups is 1. The van der Waals surface area contributed by atoms with Crippen molar-refractivity contribution in [3.63, 3.8) is 0 Å². The lowest BCUT2D eigenvalue weighted by Gasteiger charge is -2.13. The number of nitrogens with one attached hydrogen (secondary N) is 1. The molecule has 0 aliphatic carbocycles. The summed E-state index contributed by atoms with van der Waals surface area (Å²) in [4.78, 5) is 20.8. The molecule has 0 bridgehead atoms. The molecule has 2 aromatic carbocycles. The highest BCUT2D eigenvalue weighted by molar-refractivity contribution is 7.17. The molecule has 2 heterocycles. The van der Waals surface area contributed by atoms with Crippen LogP contribution in [-0.2, 0) is 6.42 Å². The van der Waals surface area contributed by atoms with Gasteiger partial charge in [-0.25, -0.2) is 14.8 Å². The molecule has 0 aliphatic heterocycles. The van der Waals surface area contributed by atoms with E-state index in [1.54, 1.807) is 19.2 Å². The van der Waals surface area contributed by atoms with E-state index >= 15 is 0 Å². The Morgan fingerprint density at radius 3 is 2.76 bits per heavy atom. The van der Waals surface area contributed by atoms with Crippen molar-refractivity contribution in [2.45, 2.75) is 6.42 Å². The maximum atomic E-state index is 11.5. The minimum atomic E-state index is -1.09. The van der Waals surface area contributed by atoms with E-state index in [1.165, 1.54) is 6.33 Å². The molecule has 9 heteroatoms. The smallest absolute Gasteiger partial charge is 0.349 e. The Kier molecular flexibility index (Phi) is 7.01. The molecule has 0 fully saturated rings. The van der Waals surface area contributed by atoms with E-state index in [9.17, 15) is 9.90 Å². The topological polar surface area (TPSA) is 114 Å². The van der Waals surface area contributed by atoms with Crippen LogP contribution in [0.4, 0.5) is 5.82 Å². The Hall–Kier alpha value is -3.69. The first-order chi connectivity index (χ1) is 16.1. The fourth-order valence-electron chi connectivity index (χ4n) is 3.58. The molecule has 0 radical (unpaired) electrons. The van der Waals surface area contributed by atoms with E-state index in [0.717, 1.165) is 39.8 Å². The van der Waals surface area contributed by atoms with Crippen molar-refractivity contribution >= 4 is 33.9 Å². The Bertz CT molecular complexity index is 1270.